The molecule has 102 valence electrons. The maximum absolute atomic E-state index is 9.21. The molecule has 2 N–H and O–H groups in total. The summed E-state index contributed by atoms with van der Waals surface area (Å²) < 4.78 is 11.8. The Hall–Kier alpha value is -0.780. The molecule has 1 unspecified atom stereocenters. The van der Waals surface area contributed by atoms with Gasteiger partial charge in [0.25, 0.3) is 0 Å². The molecule has 0 radical (unpaired) electrons. The van der Waals surface area contributed by atoms with E-state index < -0.39 is 0 Å². The zero-order chi connectivity index (χ0) is 13.5. The Balaban J connectivity index is 2.82. The highest BCUT2D eigenvalue weighted by Gasteiger charge is 2.11. The van der Waals surface area contributed by atoms with Crippen LogP contribution in [0.3, 0.4) is 0 Å². The van der Waals surface area contributed by atoms with E-state index in [0.717, 1.165) is 16.6 Å². The van der Waals surface area contributed by atoms with Gasteiger partial charge in [-0.15, -0.1) is 0 Å². The summed E-state index contributed by atoms with van der Waals surface area (Å²) in [6, 6.07) is 3.94. The van der Waals surface area contributed by atoms with Gasteiger partial charge in [0.05, 0.1) is 24.3 Å². The first kappa shape index (κ1) is 15.3. The van der Waals surface area contributed by atoms with Crippen LogP contribution in [0, 0.1) is 0 Å². The summed E-state index contributed by atoms with van der Waals surface area (Å²) in [7, 11) is 3.51. The molecule has 0 amide bonds. The van der Waals surface area contributed by atoms with Crippen LogP contribution in [0.25, 0.3) is 0 Å². The van der Waals surface area contributed by atoms with Crippen LogP contribution in [-0.4, -0.2) is 32.0 Å². The Labute approximate surface area is 116 Å². The van der Waals surface area contributed by atoms with Gasteiger partial charge in [-0.2, -0.15) is 0 Å². The number of benzene rings is 1. The smallest absolute Gasteiger partial charge is 0.175 e. The lowest BCUT2D eigenvalue weighted by Gasteiger charge is -2.15. The molecular formula is C13H20BrNO3. The fraction of sp³-hybridized carbons (Fsp3) is 0.538. The van der Waals surface area contributed by atoms with E-state index in [-0.39, 0.29) is 6.10 Å². The van der Waals surface area contributed by atoms with Crippen molar-refractivity contribution in [1.29, 1.82) is 0 Å². The zero-order valence-electron chi connectivity index (χ0n) is 11.0. The number of rotatable bonds is 7. The minimum absolute atomic E-state index is 0.363. The van der Waals surface area contributed by atoms with Crippen molar-refractivity contribution in [2.24, 2.45) is 0 Å². The van der Waals surface area contributed by atoms with Crippen molar-refractivity contribution in [3.8, 4) is 11.5 Å². The molecule has 0 saturated carbocycles. The third-order valence-electron chi connectivity index (χ3n) is 2.45. The summed E-state index contributed by atoms with van der Waals surface area (Å²) in [6.45, 7) is 2.96. The number of aliphatic hydroxyl groups is 1. The summed E-state index contributed by atoms with van der Waals surface area (Å²) in [4.78, 5) is 0. The summed E-state index contributed by atoms with van der Waals surface area (Å²) in [5, 5.41) is 12.3. The molecule has 1 atom stereocenters. The van der Waals surface area contributed by atoms with Crippen LogP contribution in [0.4, 0.5) is 0 Å². The molecule has 0 fully saturated rings. The second kappa shape index (κ2) is 7.61. The van der Waals surface area contributed by atoms with Gasteiger partial charge in [-0.3, -0.25) is 0 Å². The minimum atomic E-state index is -0.363. The molecule has 18 heavy (non-hydrogen) atoms. The molecule has 0 saturated heterocycles. The van der Waals surface area contributed by atoms with E-state index in [2.05, 4.69) is 21.2 Å². The van der Waals surface area contributed by atoms with Crippen LogP contribution in [0.1, 0.15) is 18.9 Å². The standard InChI is InChI=1S/C13H20BrNO3/c1-9(16)4-5-18-13-11(14)6-10(8-15-2)7-12(13)17-3/h6-7,9,15-16H,4-5,8H2,1-3H3. The number of methoxy groups -OCH3 is 1. The SMILES string of the molecule is CNCc1cc(Br)c(OCCC(C)O)c(OC)c1. The van der Waals surface area contributed by atoms with Gasteiger partial charge in [-0.25, -0.2) is 0 Å². The minimum Gasteiger partial charge on any atom is -0.493 e. The number of hydrogen-bond acceptors (Lipinski definition) is 4. The van der Waals surface area contributed by atoms with Crippen molar-refractivity contribution in [2.75, 3.05) is 20.8 Å². The number of hydrogen-bond donors (Lipinski definition) is 2. The summed E-state index contributed by atoms with van der Waals surface area (Å²) in [6.07, 6.45) is 0.228. The molecule has 5 heteroatoms. The molecule has 0 heterocycles. The van der Waals surface area contributed by atoms with Crippen LogP contribution >= 0.6 is 15.9 Å². The highest BCUT2D eigenvalue weighted by molar-refractivity contribution is 9.10. The van der Waals surface area contributed by atoms with Gasteiger partial charge in [0.15, 0.2) is 11.5 Å². The van der Waals surface area contributed by atoms with Crippen molar-refractivity contribution in [1.82, 2.24) is 5.32 Å². The molecule has 0 aliphatic carbocycles. The average molecular weight is 318 g/mol. The molecule has 1 aromatic carbocycles. The molecule has 0 bridgehead atoms. The molecule has 0 aromatic heterocycles. The van der Waals surface area contributed by atoms with Crippen LogP contribution < -0.4 is 14.8 Å². The summed E-state index contributed by atoms with van der Waals surface area (Å²) in [5.41, 5.74) is 1.11. The zero-order valence-corrected chi connectivity index (χ0v) is 12.6. The average Bonchev–Trinajstić information content (AvgIpc) is 2.31. The third-order valence-corrected chi connectivity index (χ3v) is 3.04. The highest BCUT2D eigenvalue weighted by Crippen LogP contribution is 2.36. The predicted molar refractivity (Wildman–Crippen MR) is 75.3 cm³/mol. The quantitative estimate of drug-likeness (QED) is 0.810. The van der Waals surface area contributed by atoms with Crippen molar-refractivity contribution >= 4 is 15.9 Å². The first-order valence-electron chi connectivity index (χ1n) is 5.90. The van der Waals surface area contributed by atoms with E-state index in [1.54, 1.807) is 14.0 Å². The Morgan fingerprint density at radius 2 is 2.17 bits per heavy atom. The maximum atomic E-state index is 9.21. The molecular weight excluding hydrogens is 298 g/mol. The van der Waals surface area contributed by atoms with Crippen LogP contribution in [0.5, 0.6) is 11.5 Å². The molecule has 0 aliphatic heterocycles. The van der Waals surface area contributed by atoms with Gasteiger partial charge in [0.2, 0.25) is 0 Å². The Kier molecular flexibility index (Phi) is 6.46. The van der Waals surface area contributed by atoms with Crippen LogP contribution in [-0.2, 0) is 6.54 Å². The fourth-order valence-electron chi connectivity index (χ4n) is 1.55. The topological polar surface area (TPSA) is 50.7 Å². The van der Waals surface area contributed by atoms with Gasteiger partial charge in [0.1, 0.15) is 0 Å². The normalized spacial score (nSPS) is 12.3. The molecule has 1 aromatic rings. The van der Waals surface area contributed by atoms with Crippen molar-refractivity contribution < 1.29 is 14.6 Å². The van der Waals surface area contributed by atoms with E-state index in [1.807, 2.05) is 19.2 Å². The number of ether oxygens (including phenoxy) is 2. The van der Waals surface area contributed by atoms with Crippen LogP contribution in [0.2, 0.25) is 0 Å². The second-order valence-corrected chi connectivity index (χ2v) is 4.98. The summed E-state index contributed by atoms with van der Waals surface area (Å²) >= 11 is 3.48. The van der Waals surface area contributed by atoms with Crippen molar-refractivity contribution in [3.63, 3.8) is 0 Å². The molecule has 1 rings (SSSR count). The number of halogens is 1. The third kappa shape index (κ3) is 4.48. The van der Waals surface area contributed by atoms with Gasteiger partial charge in [-0.1, -0.05) is 0 Å². The van der Waals surface area contributed by atoms with Crippen LogP contribution in [0.15, 0.2) is 16.6 Å². The monoisotopic (exact) mass is 317 g/mol. The number of nitrogens with one attached hydrogen (secondary N) is 1. The lowest BCUT2D eigenvalue weighted by atomic mass is 10.2. The highest BCUT2D eigenvalue weighted by atomic mass is 79.9. The lowest BCUT2D eigenvalue weighted by molar-refractivity contribution is 0.154. The van der Waals surface area contributed by atoms with E-state index >= 15 is 0 Å². The molecule has 0 spiro atoms. The fourth-order valence-corrected chi connectivity index (χ4v) is 2.15. The van der Waals surface area contributed by atoms with Gasteiger partial charge >= 0.3 is 0 Å². The van der Waals surface area contributed by atoms with Crippen molar-refractivity contribution in [3.05, 3.63) is 22.2 Å². The first-order chi connectivity index (χ1) is 8.58. The Morgan fingerprint density at radius 1 is 1.44 bits per heavy atom. The number of aliphatic hydroxyl groups excluding tert-OH is 1. The predicted octanol–water partition coefficient (Wildman–Crippen LogP) is 2.33. The Morgan fingerprint density at radius 3 is 2.72 bits per heavy atom. The largest absolute Gasteiger partial charge is 0.493 e. The van der Waals surface area contributed by atoms with E-state index in [1.165, 1.54) is 0 Å². The van der Waals surface area contributed by atoms with Gasteiger partial charge in [0, 0.05) is 13.0 Å². The summed E-state index contributed by atoms with van der Waals surface area (Å²) in [5.74, 6) is 1.37. The van der Waals surface area contributed by atoms with Gasteiger partial charge in [-0.05, 0) is 47.6 Å². The van der Waals surface area contributed by atoms with E-state index in [0.29, 0.717) is 24.5 Å². The van der Waals surface area contributed by atoms with E-state index in [4.69, 9.17) is 9.47 Å². The molecule has 4 nitrogen and oxygen atoms in total. The lowest BCUT2D eigenvalue weighted by Crippen LogP contribution is -2.09. The first-order valence-corrected chi connectivity index (χ1v) is 6.69. The van der Waals surface area contributed by atoms with E-state index in [9.17, 15) is 5.11 Å². The maximum Gasteiger partial charge on any atom is 0.175 e. The van der Waals surface area contributed by atoms with Crippen molar-refractivity contribution in [2.45, 2.75) is 26.0 Å². The Bertz CT molecular complexity index is 383. The second-order valence-electron chi connectivity index (χ2n) is 4.13. The molecule has 0 aliphatic rings. The van der Waals surface area contributed by atoms with Gasteiger partial charge < -0.3 is 19.9 Å².